The molecule has 2 rings (SSSR count). The maximum atomic E-state index is 12.4. The van der Waals surface area contributed by atoms with E-state index in [0.717, 1.165) is 41.0 Å². The SMILES string of the molecule is Cc1ncc(C(=O)N(CCCBr)C2CCC2)s1. The molecule has 1 aliphatic carbocycles. The molecule has 1 aromatic heterocycles. The maximum Gasteiger partial charge on any atom is 0.265 e. The number of thiazole rings is 1. The number of hydrogen-bond acceptors (Lipinski definition) is 3. The van der Waals surface area contributed by atoms with Crippen LogP contribution in [0.5, 0.6) is 0 Å². The van der Waals surface area contributed by atoms with Gasteiger partial charge in [-0.2, -0.15) is 0 Å². The first-order valence-electron chi connectivity index (χ1n) is 6.01. The van der Waals surface area contributed by atoms with Crippen LogP contribution < -0.4 is 0 Å². The van der Waals surface area contributed by atoms with Gasteiger partial charge < -0.3 is 4.90 Å². The van der Waals surface area contributed by atoms with E-state index in [4.69, 9.17) is 0 Å². The second kappa shape index (κ2) is 5.96. The third-order valence-corrected chi connectivity index (χ3v) is 4.60. The Morgan fingerprint density at radius 3 is 2.88 bits per heavy atom. The van der Waals surface area contributed by atoms with Crippen molar-refractivity contribution in [3.63, 3.8) is 0 Å². The summed E-state index contributed by atoms with van der Waals surface area (Å²) < 4.78 is 0. The molecule has 17 heavy (non-hydrogen) atoms. The number of carbonyl (C=O) groups excluding carboxylic acids is 1. The molecule has 0 N–H and O–H groups in total. The summed E-state index contributed by atoms with van der Waals surface area (Å²) in [5, 5.41) is 1.91. The van der Waals surface area contributed by atoms with Crippen molar-refractivity contribution in [3.8, 4) is 0 Å². The molecule has 1 fully saturated rings. The van der Waals surface area contributed by atoms with Crippen LogP contribution in [0.1, 0.15) is 40.4 Å². The van der Waals surface area contributed by atoms with Gasteiger partial charge in [-0.1, -0.05) is 15.9 Å². The van der Waals surface area contributed by atoms with Crippen LogP contribution in [0.2, 0.25) is 0 Å². The first-order chi connectivity index (χ1) is 8.22. The molecule has 0 atom stereocenters. The van der Waals surface area contributed by atoms with Crippen LogP contribution in [-0.2, 0) is 0 Å². The molecule has 0 bridgehead atoms. The zero-order chi connectivity index (χ0) is 12.3. The number of carbonyl (C=O) groups is 1. The lowest BCUT2D eigenvalue weighted by molar-refractivity contribution is 0.0586. The van der Waals surface area contributed by atoms with Crippen LogP contribution in [0.4, 0.5) is 0 Å². The summed E-state index contributed by atoms with van der Waals surface area (Å²) in [6.45, 7) is 2.79. The van der Waals surface area contributed by atoms with Gasteiger partial charge in [-0.3, -0.25) is 4.79 Å². The first kappa shape index (κ1) is 13.0. The fourth-order valence-electron chi connectivity index (χ4n) is 1.98. The van der Waals surface area contributed by atoms with E-state index in [2.05, 4.69) is 20.9 Å². The minimum atomic E-state index is 0.168. The quantitative estimate of drug-likeness (QED) is 0.781. The highest BCUT2D eigenvalue weighted by Gasteiger charge is 2.29. The van der Waals surface area contributed by atoms with E-state index in [1.54, 1.807) is 6.20 Å². The average Bonchev–Trinajstić information content (AvgIpc) is 2.67. The van der Waals surface area contributed by atoms with E-state index in [0.29, 0.717) is 6.04 Å². The smallest absolute Gasteiger partial charge is 0.265 e. The fraction of sp³-hybridized carbons (Fsp3) is 0.667. The van der Waals surface area contributed by atoms with Crippen LogP contribution in [-0.4, -0.2) is 33.7 Å². The standard InChI is InChI=1S/C12H17BrN2OS/c1-9-14-8-11(17-9)12(16)15(7-3-6-13)10-4-2-5-10/h8,10H,2-7H2,1H3. The largest absolute Gasteiger partial charge is 0.335 e. The molecule has 94 valence electrons. The van der Waals surface area contributed by atoms with Gasteiger partial charge in [0.15, 0.2) is 0 Å². The summed E-state index contributed by atoms with van der Waals surface area (Å²) in [7, 11) is 0. The number of hydrogen-bond donors (Lipinski definition) is 0. The lowest BCUT2D eigenvalue weighted by Crippen LogP contribution is -2.44. The van der Waals surface area contributed by atoms with Crippen molar-refractivity contribution in [3.05, 3.63) is 16.1 Å². The van der Waals surface area contributed by atoms with Gasteiger partial charge in [-0.25, -0.2) is 4.98 Å². The minimum Gasteiger partial charge on any atom is -0.335 e. The van der Waals surface area contributed by atoms with E-state index < -0.39 is 0 Å². The monoisotopic (exact) mass is 316 g/mol. The molecule has 1 heterocycles. The van der Waals surface area contributed by atoms with Gasteiger partial charge >= 0.3 is 0 Å². The highest BCUT2D eigenvalue weighted by Crippen LogP contribution is 2.27. The van der Waals surface area contributed by atoms with Crippen LogP contribution in [0.15, 0.2) is 6.20 Å². The molecule has 0 unspecified atom stereocenters. The Balaban J connectivity index is 2.06. The van der Waals surface area contributed by atoms with Crippen molar-refractivity contribution in [2.75, 3.05) is 11.9 Å². The second-order valence-electron chi connectivity index (χ2n) is 4.37. The van der Waals surface area contributed by atoms with Crippen molar-refractivity contribution in [2.24, 2.45) is 0 Å². The number of nitrogens with zero attached hydrogens (tertiary/aromatic N) is 2. The van der Waals surface area contributed by atoms with Gasteiger partial charge in [0.05, 0.1) is 11.2 Å². The van der Waals surface area contributed by atoms with E-state index in [9.17, 15) is 4.79 Å². The molecule has 0 aromatic carbocycles. The van der Waals surface area contributed by atoms with Crippen LogP contribution >= 0.6 is 27.3 Å². The average molecular weight is 317 g/mol. The Labute approximate surface area is 114 Å². The summed E-state index contributed by atoms with van der Waals surface area (Å²) >= 11 is 4.92. The van der Waals surface area contributed by atoms with E-state index in [-0.39, 0.29) is 5.91 Å². The third-order valence-electron chi connectivity index (χ3n) is 3.14. The molecule has 0 radical (unpaired) electrons. The van der Waals surface area contributed by atoms with Crippen molar-refractivity contribution in [1.82, 2.24) is 9.88 Å². The molecule has 1 aromatic rings. The van der Waals surface area contributed by atoms with Gasteiger partial charge in [0, 0.05) is 17.9 Å². The summed E-state index contributed by atoms with van der Waals surface area (Å²) in [6.07, 6.45) is 6.30. The fourth-order valence-corrected chi connectivity index (χ4v) is 2.96. The Hall–Kier alpha value is -0.420. The zero-order valence-corrected chi connectivity index (χ0v) is 12.4. The van der Waals surface area contributed by atoms with Crippen LogP contribution in [0.3, 0.4) is 0 Å². The van der Waals surface area contributed by atoms with E-state index >= 15 is 0 Å². The summed E-state index contributed by atoms with van der Waals surface area (Å²) in [6, 6.07) is 0.462. The van der Waals surface area contributed by atoms with Crippen LogP contribution in [0, 0.1) is 6.92 Å². The number of aryl methyl sites for hydroxylation is 1. The van der Waals surface area contributed by atoms with E-state index in [1.165, 1.54) is 17.8 Å². The Morgan fingerprint density at radius 2 is 2.41 bits per heavy atom. The van der Waals surface area contributed by atoms with Gasteiger partial charge in [-0.15, -0.1) is 11.3 Å². The number of halogens is 1. The highest BCUT2D eigenvalue weighted by molar-refractivity contribution is 9.09. The summed E-state index contributed by atoms with van der Waals surface area (Å²) in [5.41, 5.74) is 0. The van der Waals surface area contributed by atoms with Gasteiger partial charge in [0.1, 0.15) is 4.88 Å². The summed E-state index contributed by atoms with van der Waals surface area (Å²) in [4.78, 5) is 19.4. The molecular formula is C12H17BrN2OS. The molecule has 0 aliphatic heterocycles. The third kappa shape index (κ3) is 3.07. The minimum absolute atomic E-state index is 0.168. The Kier molecular flexibility index (Phi) is 4.56. The maximum absolute atomic E-state index is 12.4. The molecule has 1 amide bonds. The Bertz CT molecular complexity index is 390. The van der Waals surface area contributed by atoms with E-state index in [1.807, 2.05) is 11.8 Å². The highest BCUT2D eigenvalue weighted by atomic mass is 79.9. The number of aromatic nitrogens is 1. The normalized spacial score (nSPS) is 15.6. The molecule has 0 spiro atoms. The van der Waals surface area contributed by atoms with Gasteiger partial charge in [0.25, 0.3) is 5.91 Å². The number of rotatable bonds is 5. The summed E-state index contributed by atoms with van der Waals surface area (Å²) in [5.74, 6) is 0.168. The van der Waals surface area contributed by atoms with Crippen molar-refractivity contribution >= 4 is 33.2 Å². The van der Waals surface area contributed by atoms with Crippen LogP contribution in [0.25, 0.3) is 0 Å². The first-order valence-corrected chi connectivity index (χ1v) is 7.95. The van der Waals surface area contributed by atoms with Gasteiger partial charge in [-0.05, 0) is 32.6 Å². The van der Waals surface area contributed by atoms with Crippen molar-refractivity contribution < 1.29 is 4.79 Å². The van der Waals surface area contributed by atoms with Crippen molar-refractivity contribution in [2.45, 2.75) is 38.6 Å². The second-order valence-corrected chi connectivity index (χ2v) is 6.40. The molecule has 1 aliphatic rings. The van der Waals surface area contributed by atoms with Gasteiger partial charge in [0.2, 0.25) is 0 Å². The molecule has 0 saturated heterocycles. The Morgan fingerprint density at radius 1 is 1.65 bits per heavy atom. The number of alkyl halides is 1. The number of amides is 1. The topological polar surface area (TPSA) is 33.2 Å². The van der Waals surface area contributed by atoms with Crippen molar-refractivity contribution in [1.29, 1.82) is 0 Å². The zero-order valence-electron chi connectivity index (χ0n) is 9.99. The molecular weight excluding hydrogens is 300 g/mol. The molecule has 1 saturated carbocycles. The molecule has 3 nitrogen and oxygen atoms in total. The lowest BCUT2D eigenvalue weighted by atomic mass is 9.91. The predicted octanol–water partition coefficient (Wildman–Crippen LogP) is 3.23. The predicted molar refractivity (Wildman–Crippen MR) is 73.9 cm³/mol. The molecule has 5 heteroatoms. The lowest BCUT2D eigenvalue weighted by Gasteiger charge is -2.37.